The minimum Gasteiger partial charge on any atom is -0.380 e. The Hall–Kier alpha value is -0.470. The SMILES string of the molecule is CCNCc1csc(S(=O)(=O)NCCOCC)c1. The van der Waals surface area contributed by atoms with Gasteiger partial charge in [-0.3, -0.25) is 0 Å². The first-order valence-electron chi connectivity index (χ1n) is 5.95. The molecule has 0 fully saturated rings. The number of sulfonamides is 1. The van der Waals surface area contributed by atoms with Gasteiger partial charge in [-0.05, 0) is 30.5 Å². The number of hydrogen-bond donors (Lipinski definition) is 2. The summed E-state index contributed by atoms with van der Waals surface area (Å²) in [5.74, 6) is 0. The minimum absolute atomic E-state index is 0.302. The second kappa shape index (κ2) is 7.85. The summed E-state index contributed by atoms with van der Waals surface area (Å²) in [6.45, 7) is 6.74. The number of rotatable bonds is 9. The molecule has 1 aromatic rings. The van der Waals surface area contributed by atoms with Crippen molar-refractivity contribution in [3.63, 3.8) is 0 Å². The van der Waals surface area contributed by atoms with E-state index in [1.807, 2.05) is 19.2 Å². The van der Waals surface area contributed by atoms with Gasteiger partial charge >= 0.3 is 0 Å². The highest BCUT2D eigenvalue weighted by Gasteiger charge is 2.15. The average Bonchev–Trinajstić information content (AvgIpc) is 2.81. The van der Waals surface area contributed by atoms with Crippen LogP contribution in [-0.4, -0.2) is 34.7 Å². The van der Waals surface area contributed by atoms with Gasteiger partial charge in [0.1, 0.15) is 4.21 Å². The summed E-state index contributed by atoms with van der Waals surface area (Å²) in [5.41, 5.74) is 0.993. The topological polar surface area (TPSA) is 67.4 Å². The lowest BCUT2D eigenvalue weighted by atomic mass is 10.3. The Morgan fingerprint density at radius 2 is 2.17 bits per heavy atom. The van der Waals surface area contributed by atoms with Gasteiger partial charge in [0.2, 0.25) is 10.0 Å². The van der Waals surface area contributed by atoms with E-state index < -0.39 is 10.0 Å². The van der Waals surface area contributed by atoms with E-state index in [9.17, 15) is 8.42 Å². The molecule has 0 atom stereocenters. The quantitative estimate of drug-likeness (QED) is 0.671. The molecular formula is C11H20N2O3S2. The molecule has 7 heteroatoms. The van der Waals surface area contributed by atoms with E-state index in [0.29, 0.717) is 30.5 Å². The molecule has 0 aliphatic carbocycles. The van der Waals surface area contributed by atoms with Crippen molar-refractivity contribution in [2.45, 2.75) is 24.6 Å². The number of nitrogens with one attached hydrogen (secondary N) is 2. The van der Waals surface area contributed by atoms with Crippen LogP contribution in [0.4, 0.5) is 0 Å². The summed E-state index contributed by atoms with van der Waals surface area (Å²) in [5, 5.41) is 5.02. The van der Waals surface area contributed by atoms with Crippen molar-refractivity contribution in [3.05, 3.63) is 17.0 Å². The molecule has 2 N–H and O–H groups in total. The van der Waals surface area contributed by atoms with E-state index in [-0.39, 0.29) is 0 Å². The van der Waals surface area contributed by atoms with Crippen LogP contribution in [0.2, 0.25) is 0 Å². The maximum atomic E-state index is 11.9. The maximum absolute atomic E-state index is 11.9. The molecule has 1 heterocycles. The summed E-state index contributed by atoms with van der Waals surface area (Å²) in [6, 6.07) is 1.70. The van der Waals surface area contributed by atoms with E-state index in [0.717, 1.165) is 12.1 Å². The van der Waals surface area contributed by atoms with Gasteiger partial charge < -0.3 is 10.1 Å². The summed E-state index contributed by atoms with van der Waals surface area (Å²) in [7, 11) is -3.38. The largest absolute Gasteiger partial charge is 0.380 e. The van der Waals surface area contributed by atoms with Crippen LogP contribution in [0.15, 0.2) is 15.7 Å². The molecule has 0 bridgehead atoms. The van der Waals surface area contributed by atoms with Crippen LogP contribution >= 0.6 is 11.3 Å². The smallest absolute Gasteiger partial charge is 0.250 e. The van der Waals surface area contributed by atoms with Gasteiger partial charge in [-0.25, -0.2) is 13.1 Å². The first kappa shape index (κ1) is 15.6. The van der Waals surface area contributed by atoms with Gasteiger partial charge in [0.25, 0.3) is 0 Å². The van der Waals surface area contributed by atoms with Crippen molar-refractivity contribution in [2.24, 2.45) is 0 Å². The lowest BCUT2D eigenvalue weighted by Gasteiger charge is -2.04. The average molecular weight is 292 g/mol. The summed E-state index contributed by atoms with van der Waals surface area (Å²) >= 11 is 1.24. The van der Waals surface area contributed by atoms with Crippen LogP contribution in [0.3, 0.4) is 0 Å². The number of thiophene rings is 1. The predicted molar refractivity (Wildman–Crippen MR) is 73.4 cm³/mol. The molecule has 0 saturated carbocycles. The van der Waals surface area contributed by atoms with Crippen LogP contribution in [0.5, 0.6) is 0 Å². The van der Waals surface area contributed by atoms with Crippen LogP contribution in [0.1, 0.15) is 19.4 Å². The molecule has 5 nitrogen and oxygen atoms in total. The Morgan fingerprint density at radius 3 is 2.83 bits per heavy atom. The third-order valence-electron chi connectivity index (χ3n) is 2.22. The molecule has 1 rings (SSSR count). The van der Waals surface area contributed by atoms with Gasteiger partial charge in [0.15, 0.2) is 0 Å². The summed E-state index contributed by atoms with van der Waals surface area (Å²) in [6.07, 6.45) is 0. The number of ether oxygens (including phenoxy) is 1. The molecule has 0 saturated heterocycles. The molecule has 0 aliphatic rings. The fraction of sp³-hybridized carbons (Fsp3) is 0.636. The minimum atomic E-state index is -3.38. The normalized spacial score (nSPS) is 11.9. The van der Waals surface area contributed by atoms with Crippen molar-refractivity contribution < 1.29 is 13.2 Å². The summed E-state index contributed by atoms with van der Waals surface area (Å²) < 4.78 is 31.8. The first-order chi connectivity index (χ1) is 8.60. The third-order valence-corrected chi connectivity index (χ3v) is 5.17. The van der Waals surface area contributed by atoms with Gasteiger partial charge in [0, 0.05) is 19.7 Å². The fourth-order valence-corrected chi connectivity index (χ4v) is 3.59. The molecule has 0 amide bonds. The Kier molecular flexibility index (Phi) is 6.80. The molecule has 104 valence electrons. The van der Waals surface area contributed by atoms with Crippen molar-refractivity contribution in [3.8, 4) is 0 Å². The van der Waals surface area contributed by atoms with E-state index >= 15 is 0 Å². The zero-order valence-corrected chi connectivity index (χ0v) is 12.4. The highest BCUT2D eigenvalue weighted by molar-refractivity contribution is 7.91. The van der Waals surface area contributed by atoms with Crippen LogP contribution in [-0.2, 0) is 21.3 Å². The molecular weight excluding hydrogens is 272 g/mol. The maximum Gasteiger partial charge on any atom is 0.250 e. The Labute approximate surface area is 113 Å². The van der Waals surface area contributed by atoms with Gasteiger partial charge in [0.05, 0.1) is 6.61 Å². The molecule has 0 unspecified atom stereocenters. The van der Waals surface area contributed by atoms with Crippen LogP contribution in [0.25, 0.3) is 0 Å². The fourth-order valence-electron chi connectivity index (χ4n) is 1.32. The second-order valence-electron chi connectivity index (χ2n) is 3.65. The molecule has 0 radical (unpaired) electrons. The van der Waals surface area contributed by atoms with Gasteiger partial charge in [-0.2, -0.15) is 0 Å². The third kappa shape index (κ3) is 5.03. The van der Waals surface area contributed by atoms with Crippen molar-refractivity contribution in [1.82, 2.24) is 10.0 Å². The highest BCUT2D eigenvalue weighted by atomic mass is 32.2. The van der Waals surface area contributed by atoms with Gasteiger partial charge in [-0.1, -0.05) is 6.92 Å². The standard InChI is InChI=1S/C11H20N2O3S2/c1-3-12-8-10-7-11(17-9-10)18(14,15)13-5-6-16-4-2/h7,9,12-13H,3-6,8H2,1-2H3. The molecule has 0 aromatic carbocycles. The Bertz CT molecular complexity index is 443. The number of hydrogen-bond acceptors (Lipinski definition) is 5. The van der Waals surface area contributed by atoms with Crippen LogP contribution < -0.4 is 10.0 Å². The van der Waals surface area contributed by atoms with Crippen molar-refractivity contribution in [2.75, 3.05) is 26.3 Å². The van der Waals surface area contributed by atoms with E-state index in [4.69, 9.17) is 4.74 Å². The van der Waals surface area contributed by atoms with Gasteiger partial charge in [-0.15, -0.1) is 11.3 Å². The van der Waals surface area contributed by atoms with E-state index in [1.165, 1.54) is 11.3 Å². The lowest BCUT2D eigenvalue weighted by molar-refractivity contribution is 0.153. The van der Waals surface area contributed by atoms with E-state index in [2.05, 4.69) is 10.0 Å². The Balaban J connectivity index is 2.53. The molecule has 1 aromatic heterocycles. The monoisotopic (exact) mass is 292 g/mol. The predicted octanol–water partition coefficient (Wildman–Crippen LogP) is 1.17. The van der Waals surface area contributed by atoms with Crippen molar-refractivity contribution >= 4 is 21.4 Å². The Morgan fingerprint density at radius 1 is 1.39 bits per heavy atom. The zero-order chi connectivity index (χ0) is 13.4. The molecule has 18 heavy (non-hydrogen) atoms. The van der Waals surface area contributed by atoms with Crippen LogP contribution in [0, 0.1) is 0 Å². The lowest BCUT2D eigenvalue weighted by Crippen LogP contribution is -2.26. The highest BCUT2D eigenvalue weighted by Crippen LogP contribution is 2.19. The van der Waals surface area contributed by atoms with E-state index in [1.54, 1.807) is 6.07 Å². The molecule has 0 aliphatic heterocycles. The zero-order valence-electron chi connectivity index (χ0n) is 10.7. The summed E-state index contributed by atoms with van der Waals surface area (Å²) in [4.78, 5) is 0. The first-order valence-corrected chi connectivity index (χ1v) is 8.32. The molecule has 0 spiro atoms. The van der Waals surface area contributed by atoms with Crippen molar-refractivity contribution in [1.29, 1.82) is 0 Å². The second-order valence-corrected chi connectivity index (χ2v) is 6.55.